The molecule has 2 heterocycles. The average Bonchev–Trinajstić information content (AvgIpc) is 2.97. The van der Waals surface area contributed by atoms with E-state index in [0.717, 1.165) is 36.2 Å². The Morgan fingerprint density at radius 2 is 2.11 bits per heavy atom. The topological polar surface area (TPSA) is 68.5 Å². The molecule has 0 aliphatic heterocycles. The molecule has 3 aromatic rings. The largest absolute Gasteiger partial charge is 0.369 e. The van der Waals surface area contributed by atoms with E-state index in [-0.39, 0.29) is 0 Å². The number of aromatic nitrogens is 5. The second-order valence-corrected chi connectivity index (χ2v) is 4.19. The molecule has 0 unspecified atom stereocenters. The molecule has 1 N–H and O–H groups in total. The Bertz CT molecular complexity index is 644. The first-order valence-electron chi connectivity index (χ1n) is 6.21. The van der Waals surface area contributed by atoms with Gasteiger partial charge in [0.2, 0.25) is 0 Å². The predicted octanol–water partition coefficient (Wildman–Crippen LogP) is 1.72. The van der Waals surface area contributed by atoms with Gasteiger partial charge in [-0.15, -0.1) is 5.10 Å². The second kappa shape index (κ2) is 5.43. The van der Waals surface area contributed by atoms with Crippen LogP contribution in [0.2, 0.25) is 0 Å². The number of benzene rings is 1. The van der Waals surface area contributed by atoms with E-state index in [1.807, 2.05) is 35.1 Å². The summed E-state index contributed by atoms with van der Waals surface area (Å²) in [6.45, 7) is 1.68. The van der Waals surface area contributed by atoms with Crippen molar-refractivity contribution >= 4 is 16.7 Å². The monoisotopic (exact) mass is 254 g/mol. The summed E-state index contributed by atoms with van der Waals surface area (Å²) in [5.74, 6) is 0.879. The molecule has 0 bridgehead atoms. The van der Waals surface area contributed by atoms with Crippen LogP contribution in [0.15, 0.2) is 43.0 Å². The van der Waals surface area contributed by atoms with Gasteiger partial charge in [0.1, 0.15) is 12.1 Å². The number of hydrogen-bond acceptors (Lipinski definition) is 5. The summed E-state index contributed by atoms with van der Waals surface area (Å²) >= 11 is 0. The van der Waals surface area contributed by atoms with Crippen molar-refractivity contribution < 1.29 is 0 Å². The fraction of sp³-hybridized carbons (Fsp3) is 0.231. The van der Waals surface area contributed by atoms with Crippen LogP contribution in [-0.2, 0) is 6.54 Å². The summed E-state index contributed by atoms with van der Waals surface area (Å²) < 4.78 is 1.82. The van der Waals surface area contributed by atoms with Crippen molar-refractivity contribution in [2.24, 2.45) is 0 Å². The molecular weight excluding hydrogens is 240 g/mol. The van der Waals surface area contributed by atoms with Crippen LogP contribution in [0.3, 0.4) is 0 Å². The van der Waals surface area contributed by atoms with E-state index >= 15 is 0 Å². The first-order chi connectivity index (χ1) is 9.43. The van der Waals surface area contributed by atoms with E-state index in [1.54, 1.807) is 12.5 Å². The lowest BCUT2D eigenvalue weighted by Crippen LogP contribution is -2.08. The minimum Gasteiger partial charge on any atom is -0.369 e. The Kier molecular flexibility index (Phi) is 3.31. The van der Waals surface area contributed by atoms with Gasteiger partial charge in [-0.2, -0.15) is 0 Å². The average molecular weight is 254 g/mol. The number of rotatable bonds is 5. The van der Waals surface area contributed by atoms with Crippen molar-refractivity contribution in [3.8, 4) is 0 Å². The van der Waals surface area contributed by atoms with E-state index in [9.17, 15) is 0 Å². The molecule has 6 heteroatoms. The van der Waals surface area contributed by atoms with Gasteiger partial charge >= 0.3 is 0 Å². The smallest absolute Gasteiger partial charge is 0.137 e. The third-order valence-electron chi connectivity index (χ3n) is 2.87. The summed E-state index contributed by atoms with van der Waals surface area (Å²) in [7, 11) is 0. The summed E-state index contributed by atoms with van der Waals surface area (Å²) in [6, 6.07) is 7.98. The Morgan fingerprint density at radius 3 is 3.00 bits per heavy atom. The fourth-order valence-electron chi connectivity index (χ4n) is 1.95. The van der Waals surface area contributed by atoms with Crippen molar-refractivity contribution in [1.82, 2.24) is 25.0 Å². The number of nitrogens with one attached hydrogen (secondary N) is 1. The maximum atomic E-state index is 4.28. The van der Waals surface area contributed by atoms with Crippen molar-refractivity contribution in [1.29, 1.82) is 0 Å². The van der Waals surface area contributed by atoms with E-state index in [2.05, 4.69) is 25.6 Å². The Labute approximate surface area is 110 Å². The molecule has 2 aromatic heterocycles. The van der Waals surface area contributed by atoms with Gasteiger partial charge < -0.3 is 5.32 Å². The van der Waals surface area contributed by atoms with Gasteiger partial charge in [0.05, 0.1) is 11.7 Å². The van der Waals surface area contributed by atoms with Gasteiger partial charge in [0.15, 0.2) is 0 Å². The van der Waals surface area contributed by atoms with Gasteiger partial charge in [-0.3, -0.25) is 4.68 Å². The van der Waals surface area contributed by atoms with Gasteiger partial charge in [0, 0.05) is 24.7 Å². The predicted molar refractivity (Wildman–Crippen MR) is 72.7 cm³/mol. The van der Waals surface area contributed by atoms with Crippen LogP contribution in [0.5, 0.6) is 0 Å². The van der Waals surface area contributed by atoms with Crippen molar-refractivity contribution in [2.75, 3.05) is 11.9 Å². The highest BCUT2D eigenvalue weighted by molar-refractivity contribution is 5.88. The SMILES string of the molecule is c1ccc2c(NCCCn3ccnn3)ncnc2c1. The quantitative estimate of drug-likeness (QED) is 0.702. The second-order valence-electron chi connectivity index (χ2n) is 4.19. The Hall–Kier alpha value is -2.50. The van der Waals surface area contributed by atoms with Gasteiger partial charge in [-0.1, -0.05) is 17.3 Å². The van der Waals surface area contributed by atoms with E-state index in [0.29, 0.717) is 0 Å². The summed E-state index contributed by atoms with van der Waals surface area (Å²) in [5.41, 5.74) is 0.955. The van der Waals surface area contributed by atoms with Crippen LogP contribution < -0.4 is 5.32 Å². The number of fused-ring (bicyclic) bond motifs is 1. The summed E-state index contributed by atoms with van der Waals surface area (Å²) in [5, 5.41) is 12.1. The zero-order valence-corrected chi connectivity index (χ0v) is 10.4. The zero-order valence-electron chi connectivity index (χ0n) is 10.4. The van der Waals surface area contributed by atoms with E-state index in [4.69, 9.17) is 0 Å². The normalized spacial score (nSPS) is 10.7. The molecular formula is C13H14N6. The molecule has 0 aliphatic carbocycles. The Balaban J connectivity index is 1.62. The lowest BCUT2D eigenvalue weighted by atomic mass is 10.2. The number of hydrogen-bond donors (Lipinski definition) is 1. The van der Waals surface area contributed by atoms with Gasteiger partial charge in [0.25, 0.3) is 0 Å². The molecule has 3 rings (SSSR count). The Morgan fingerprint density at radius 1 is 1.16 bits per heavy atom. The maximum Gasteiger partial charge on any atom is 0.137 e. The van der Waals surface area contributed by atoms with Crippen LogP contribution in [-0.4, -0.2) is 31.5 Å². The zero-order chi connectivity index (χ0) is 12.9. The molecule has 0 spiro atoms. The summed E-state index contributed by atoms with van der Waals surface area (Å²) in [4.78, 5) is 8.52. The van der Waals surface area contributed by atoms with Gasteiger partial charge in [-0.05, 0) is 18.6 Å². The van der Waals surface area contributed by atoms with Crippen molar-refractivity contribution in [3.63, 3.8) is 0 Å². The maximum absolute atomic E-state index is 4.28. The molecule has 19 heavy (non-hydrogen) atoms. The number of anilines is 1. The number of para-hydroxylation sites is 1. The summed E-state index contributed by atoms with van der Waals surface area (Å²) in [6.07, 6.45) is 6.09. The molecule has 0 saturated heterocycles. The molecule has 1 aromatic carbocycles. The molecule has 6 nitrogen and oxygen atoms in total. The molecule has 96 valence electrons. The van der Waals surface area contributed by atoms with Gasteiger partial charge in [-0.25, -0.2) is 9.97 Å². The first-order valence-corrected chi connectivity index (χ1v) is 6.21. The molecule has 0 aliphatic rings. The lowest BCUT2D eigenvalue weighted by molar-refractivity contribution is 0.569. The number of nitrogens with zero attached hydrogens (tertiary/aromatic N) is 5. The first kappa shape index (κ1) is 11.6. The highest BCUT2D eigenvalue weighted by Crippen LogP contribution is 2.17. The van der Waals surface area contributed by atoms with Crippen molar-refractivity contribution in [2.45, 2.75) is 13.0 Å². The van der Waals surface area contributed by atoms with Crippen LogP contribution in [0.1, 0.15) is 6.42 Å². The number of aryl methyl sites for hydroxylation is 1. The van der Waals surface area contributed by atoms with E-state index in [1.165, 1.54) is 0 Å². The molecule has 0 atom stereocenters. The molecule has 0 radical (unpaired) electrons. The fourth-order valence-corrected chi connectivity index (χ4v) is 1.95. The molecule has 0 fully saturated rings. The highest BCUT2D eigenvalue weighted by atomic mass is 15.4. The van der Waals surface area contributed by atoms with Crippen LogP contribution in [0, 0.1) is 0 Å². The molecule has 0 saturated carbocycles. The minimum atomic E-state index is 0.834. The molecule has 0 amide bonds. The standard InChI is InChI=1S/C13H14N6/c1-2-5-12-11(4-1)13(16-10-15-12)14-6-3-8-19-9-7-17-18-19/h1-2,4-5,7,9-10H,3,6,8H2,(H,14,15,16). The highest BCUT2D eigenvalue weighted by Gasteiger charge is 2.01. The van der Waals surface area contributed by atoms with Crippen LogP contribution >= 0.6 is 0 Å². The van der Waals surface area contributed by atoms with E-state index < -0.39 is 0 Å². The van der Waals surface area contributed by atoms with Crippen molar-refractivity contribution in [3.05, 3.63) is 43.0 Å². The third kappa shape index (κ3) is 2.67. The van der Waals surface area contributed by atoms with Crippen LogP contribution in [0.25, 0.3) is 10.9 Å². The minimum absolute atomic E-state index is 0.834. The third-order valence-corrected chi connectivity index (χ3v) is 2.87. The van der Waals surface area contributed by atoms with Crippen LogP contribution in [0.4, 0.5) is 5.82 Å². The lowest BCUT2D eigenvalue weighted by Gasteiger charge is -2.07.